The third kappa shape index (κ3) is 2.86. The maximum atomic E-state index is 10.3. The van der Waals surface area contributed by atoms with Gasteiger partial charge in [-0.15, -0.1) is 0 Å². The van der Waals surface area contributed by atoms with Crippen LogP contribution in [-0.4, -0.2) is 24.4 Å². The average molecular weight is 262 g/mol. The van der Waals surface area contributed by atoms with Crippen LogP contribution in [0.25, 0.3) is 0 Å². The van der Waals surface area contributed by atoms with Crippen LogP contribution in [0.15, 0.2) is 18.2 Å². The Bertz CT molecular complexity index is 430. The first kappa shape index (κ1) is 12.8. The molecular formula is C16H22O3. The van der Waals surface area contributed by atoms with Gasteiger partial charge in [0.15, 0.2) is 11.5 Å². The molecule has 3 heteroatoms. The van der Waals surface area contributed by atoms with Crippen LogP contribution in [-0.2, 0) is 0 Å². The van der Waals surface area contributed by atoms with E-state index in [-0.39, 0.29) is 12.0 Å². The molecule has 2 unspecified atom stereocenters. The molecule has 0 spiro atoms. The standard InChI is InChI=1S/C16H22O3/c17-14-6-3-1-2-5-13(14)12-7-8-15-16(11-12)19-10-4-9-18-15/h7-8,11,13-14,17H,1-6,9-10H2. The van der Waals surface area contributed by atoms with Crippen LogP contribution < -0.4 is 9.47 Å². The smallest absolute Gasteiger partial charge is 0.161 e. The van der Waals surface area contributed by atoms with Gasteiger partial charge in [-0.3, -0.25) is 0 Å². The Kier molecular flexibility index (Phi) is 3.92. The van der Waals surface area contributed by atoms with Crippen molar-refractivity contribution in [1.29, 1.82) is 0 Å². The Morgan fingerprint density at radius 1 is 0.895 bits per heavy atom. The van der Waals surface area contributed by atoms with Gasteiger partial charge in [0.2, 0.25) is 0 Å². The Hall–Kier alpha value is -1.22. The number of rotatable bonds is 1. The van der Waals surface area contributed by atoms with Crippen LogP contribution in [0.5, 0.6) is 11.5 Å². The second-order valence-electron chi connectivity index (χ2n) is 5.57. The summed E-state index contributed by atoms with van der Waals surface area (Å²) in [5.74, 6) is 1.93. The van der Waals surface area contributed by atoms with Crippen molar-refractivity contribution in [2.75, 3.05) is 13.2 Å². The molecule has 2 atom stereocenters. The van der Waals surface area contributed by atoms with Crippen molar-refractivity contribution in [3.05, 3.63) is 23.8 Å². The second-order valence-corrected chi connectivity index (χ2v) is 5.57. The van der Waals surface area contributed by atoms with E-state index >= 15 is 0 Å². The summed E-state index contributed by atoms with van der Waals surface area (Å²) >= 11 is 0. The predicted molar refractivity (Wildman–Crippen MR) is 73.9 cm³/mol. The normalized spacial score (nSPS) is 27.4. The van der Waals surface area contributed by atoms with Gasteiger partial charge in [-0.05, 0) is 30.5 Å². The van der Waals surface area contributed by atoms with Gasteiger partial charge in [-0.2, -0.15) is 0 Å². The first-order chi connectivity index (χ1) is 9.34. The van der Waals surface area contributed by atoms with E-state index in [0.717, 1.165) is 43.8 Å². The van der Waals surface area contributed by atoms with Gasteiger partial charge in [0.05, 0.1) is 19.3 Å². The fourth-order valence-corrected chi connectivity index (χ4v) is 3.09. The third-order valence-electron chi connectivity index (χ3n) is 4.18. The van der Waals surface area contributed by atoms with Crippen molar-refractivity contribution < 1.29 is 14.6 Å². The van der Waals surface area contributed by atoms with Gasteiger partial charge in [-0.25, -0.2) is 0 Å². The van der Waals surface area contributed by atoms with Crippen LogP contribution in [0.1, 0.15) is 50.0 Å². The second kappa shape index (κ2) is 5.83. The molecule has 104 valence electrons. The molecule has 1 N–H and O–H groups in total. The quantitative estimate of drug-likeness (QED) is 0.790. The van der Waals surface area contributed by atoms with Crippen LogP contribution in [0.4, 0.5) is 0 Å². The van der Waals surface area contributed by atoms with Gasteiger partial charge in [0, 0.05) is 12.3 Å². The number of aliphatic hydroxyl groups is 1. The molecule has 1 heterocycles. The van der Waals surface area contributed by atoms with Gasteiger partial charge < -0.3 is 14.6 Å². The molecule has 1 aromatic carbocycles. The van der Waals surface area contributed by atoms with E-state index in [1.54, 1.807) is 0 Å². The van der Waals surface area contributed by atoms with Crippen molar-refractivity contribution in [3.8, 4) is 11.5 Å². The molecule has 2 aliphatic rings. The Labute approximate surface area is 114 Å². The van der Waals surface area contributed by atoms with Crippen LogP contribution in [0.2, 0.25) is 0 Å². The number of fused-ring (bicyclic) bond motifs is 1. The van der Waals surface area contributed by atoms with Gasteiger partial charge >= 0.3 is 0 Å². The van der Waals surface area contributed by atoms with E-state index in [2.05, 4.69) is 12.1 Å². The molecule has 1 aliphatic carbocycles. The minimum atomic E-state index is -0.216. The molecule has 0 aromatic heterocycles. The zero-order valence-corrected chi connectivity index (χ0v) is 11.3. The summed E-state index contributed by atoms with van der Waals surface area (Å²) in [5, 5.41) is 10.3. The maximum Gasteiger partial charge on any atom is 0.161 e. The molecule has 3 rings (SSSR count). The van der Waals surface area contributed by atoms with Crippen LogP contribution >= 0.6 is 0 Å². The molecule has 1 fully saturated rings. The Morgan fingerprint density at radius 2 is 1.68 bits per heavy atom. The lowest BCUT2D eigenvalue weighted by atomic mass is 9.89. The van der Waals surface area contributed by atoms with Crippen molar-refractivity contribution in [1.82, 2.24) is 0 Å². The molecule has 0 amide bonds. The topological polar surface area (TPSA) is 38.7 Å². The van der Waals surface area contributed by atoms with E-state index in [4.69, 9.17) is 9.47 Å². The predicted octanol–water partition coefficient (Wildman–Crippen LogP) is 3.26. The molecule has 3 nitrogen and oxygen atoms in total. The van der Waals surface area contributed by atoms with Crippen molar-refractivity contribution >= 4 is 0 Å². The number of benzene rings is 1. The van der Waals surface area contributed by atoms with Crippen LogP contribution in [0.3, 0.4) is 0 Å². The SMILES string of the molecule is OC1CCCCCC1c1ccc2c(c1)OCCCO2. The molecule has 0 saturated heterocycles. The van der Waals surface area contributed by atoms with E-state index < -0.39 is 0 Å². The fraction of sp³-hybridized carbons (Fsp3) is 0.625. The number of hydrogen-bond acceptors (Lipinski definition) is 3. The summed E-state index contributed by atoms with van der Waals surface area (Å²) in [6.07, 6.45) is 6.28. The first-order valence-electron chi connectivity index (χ1n) is 7.42. The lowest BCUT2D eigenvalue weighted by Gasteiger charge is -2.21. The molecule has 1 aliphatic heterocycles. The zero-order valence-electron chi connectivity index (χ0n) is 11.3. The molecule has 19 heavy (non-hydrogen) atoms. The Balaban J connectivity index is 1.85. The van der Waals surface area contributed by atoms with E-state index in [1.807, 2.05) is 6.07 Å². The largest absolute Gasteiger partial charge is 0.490 e. The lowest BCUT2D eigenvalue weighted by Crippen LogP contribution is -2.16. The van der Waals surface area contributed by atoms with Crippen LogP contribution in [0, 0.1) is 0 Å². The van der Waals surface area contributed by atoms with Crippen molar-refractivity contribution in [3.63, 3.8) is 0 Å². The zero-order chi connectivity index (χ0) is 13.1. The molecule has 1 aromatic rings. The highest BCUT2D eigenvalue weighted by molar-refractivity contribution is 5.44. The molecule has 0 bridgehead atoms. The highest BCUT2D eigenvalue weighted by atomic mass is 16.5. The minimum Gasteiger partial charge on any atom is -0.490 e. The molecular weight excluding hydrogens is 240 g/mol. The highest BCUT2D eigenvalue weighted by Crippen LogP contribution is 2.37. The third-order valence-corrected chi connectivity index (χ3v) is 4.18. The maximum absolute atomic E-state index is 10.3. The number of hydrogen-bond donors (Lipinski definition) is 1. The fourth-order valence-electron chi connectivity index (χ4n) is 3.09. The van der Waals surface area contributed by atoms with E-state index in [0.29, 0.717) is 6.61 Å². The minimum absolute atomic E-state index is 0.216. The number of aliphatic hydroxyl groups excluding tert-OH is 1. The van der Waals surface area contributed by atoms with Gasteiger partial charge in [-0.1, -0.05) is 25.3 Å². The van der Waals surface area contributed by atoms with E-state index in [9.17, 15) is 5.11 Å². The molecule has 1 saturated carbocycles. The van der Waals surface area contributed by atoms with Gasteiger partial charge in [0.25, 0.3) is 0 Å². The van der Waals surface area contributed by atoms with Crippen molar-refractivity contribution in [2.45, 2.75) is 50.5 Å². The first-order valence-corrected chi connectivity index (χ1v) is 7.42. The summed E-state index contributed by atoms with van der Waals surface area (Å²) in [5.41, 5.74) is 1.19. The lowest BCUT2D eigenvalue weighted by molar-refractivity contribution is 0.135. The molecule has 0 radical (unpaired) electrons. The van der Waals surface area contributed by atoms with Crippen molar-refractivity contribution in [2.24, 2.45) is 0 Å². The monoisotopic (exact) mass is 262 g/mol. The van der Waals surface area contributed by atoms with E-state index in [1.165, 1.54) is 18.4 Å². The average Bonchev–Trinajstić information content (AvgIpc) is 2.77. The summed E-state index contributed by atoms with van der Waals surface area (Å²) in [4.78, 5) is 0. The number of ether oxygens (including phenoxy) is 2. The summed E-state index contributed by atoms with van der Waals surface area (Å²) < 4.78 is 11.4. The van der Waals surface area contributed by atoms with Gasteiger partial charge in [0.1, 0.15) is 0 Å². The Morgan fingerprint density at radius 3 is 2.58 bits per heavy atom. The summed E-state index contributed by atoms with van der Waals surface area (Å²) in [6.45, 7) is 1.43. The summed E-state index contributed by atoms with van der Waals surface area (Å²) in [7, 11) is 0. The highest BCUT2D eigenvalue weighted by Gasteiger charge is 2.24. The summed E-state index contributed by atoms with van der Waals surface area (Å²) in [6, 6.07) is 6.15.